The molecule has 30 heavy (non-hydrogen) atoms. The highest BCUT2D eigenvalue weighted by molar-refractivity contribution is 7.18. The SMILES string of the molecule is Cc1cc(C)c(C(=O)Cn2c(=O)n(-c3ccccc3)c(=O)c3cc(C)sc32)c(C)c1. The third kappa shape index (κ3) is 3.33. The monoisotopic (exact) mass is 418 g/mol. The highest BCUT2D eigenvalue weighted by Gasteiger charge is 2.20. The lowest BCUT2D eigenvalue weighted by atomic mass is 9.96. The van der Waals surface area contributed by atoms with Crippen LogP contribution < -0.4 is 11.2 Å². The second-order valence-corrected chi connectivity index (χ2v) is 8.85. The normalized spacial score (nSPS) is 11.2. The van der Waals surface area contributed by atoms with Crippen molar-refractivity contribution in [3.8, 4) is 5.69 Å². The van der Waals surface area contributed by atoms with Crippen molar-refractivity contribution in [2.45, 2.75) is 34.2 Å². The average molecular weight is 419 g/mol. The van der Waals surface area contributed by atoms with E-state index in [-0.39, 0.29) is 17.9 Å². The molecule has 4 rings (SSSR count). The van der Waals surface area contributed by atoms with Crippen molar-refractivity contribution in [2.24, 2.45) is 0 Å². The van der Waals surface area contributed by atoms with Crippen molar-refractivity contribution < 1.29 is 4.79 Å². The molecule has 0 N–H and O–H groups in total. The summed E-state index contributed by atoms with van der Waals surface area (Å²) in [5.41, 5.74) is 3.12. The van der Waals surface area contributed by atoms with Gasteiger partial charge in [0.05, 0.1) is 17.6 Å². The molecule has 0 amide bonds. The van der Waals surface area contributed by atoms with Crippen LogP contribution in [0.15, 0.2) is 58.1 Å². The summed E-state index contributed by atoms with van der Waals surface area (Å²) in [5, 5.41) is 0.450. The van der Waals surface area contributed by atoms with Crippen LogP contribution in [0, 0.1) is 27.7 Å². The second kappa shape index (κ2) is 7.54. The fourth-order valence-corrected chi connectivity index (χ4v) is 5.05. The molecule has 0 fully saturated rings. The van der Waals surface area contributed by atoms with Gasteiger partial charge in [-0.25, -0.2) is 9.36 Å². The first kappa shape index (κ1) is 20.0. The van der Waals surface area contributed by atoms with Crippen LogP contribution in [0.2, 0.25) is 0 Å². The number of aryl methyl sites for hydroxylation is 4. The Morgan fingerprint density at radius 3 is 2.20 bits per heavy atom. The molecule has 0 radical (unpaired) electrons. The minimum atomic E-state index is -0.503. The van der Waals surface area contributed by atoms with Crippen LogP contribution >= 0.6 is 11.3 Å². The number of aromatic nitrogens is 2. The summed E-state index contributed by atoms with van der Waals surface area (Å²) < 4.78 is 2.58. The molecule has 0 aliphatic rings. The Kier molecular flexibility index (Phi) is 5.03. The van der Waals surface area contributed by atoms with Crippen molar-refractivity contribution >= 4 is 27.3 Å². The Bertz CT molecular complexity index is 1390. The Labute approximate surface area is 177 Å². The number of carbonyl (C=O) groups is 1. The lowest BCUT2D eigenvalue weighted by Crippen LogP contribution is -2.39. The molecule has 5 nitrogen and oxygen atoms in total. The molecule has 6 heteroatoms. The molecule has 0 atom stereocenters. The van der Waals surface area contributed by atoms with Gasteiger partial charge in [-0.05, 0) is 57.0 Å². The van der Waals surface area contributed by atoms with Crippen molar-refractivity contribution in [1.82, 2.24) is 9.13 Å². The second-order valence-electron chi connectivity index (χ2n) is 7.62. The first-order valence-electron chi connectivity index (χ1n) is 9.70. The summed E-state index contributed by atoms with van der Waals surface area (Å²) >= 11 is 1.36. The number of fused-ring (bicyclic) bond motifs is 1. The molecule has 2 aromatic carbocycles. The molecule has 0 spiro atoms. The van der Waals surface area contributed by atoms with Crippen LogP contribution in [0.3, 0.4) is 0 Å². The maximum atomic E-state index is 13.4. The highest BCUT2D eigenvalue weighted by Crippen LogP contribution is 2.23. The summed E-state index contributed by atoms with van der Waals surface area (Å²) in [6.45, 7) is 7.58. The number of thiophene rings is 1. The van der Waals surface area contributed by atoms with E-state index >= 15 is 0 Å². The fourth-order valence-electron chi connectivity index (χ4n) is 4.06. The number of carbonyl (C=O) groups excluding carboxylic acids is 1. The van der Waals surface area contributed by atoms with Gasteiger partial charge in [0.25, 0.3) is 5.56 Å². The van der Waals surface area contributed by atoms with Gasteiger partial charge in [-0.15, -0.1) is 11.3 Å². The quantitative estimate of drug-likeness (QED) is 0.464. The van der Waals surface area contributed by atoms with Gasteiger partial charge in [-0.1, -0.05) is 35.9 Å². The highest BCUT2D eigenvalue weighted by atomic mass is 32.1. The van der Waals surface area contributed by atoms with E-state index in [2.05, 4.69) is 0 Å². The topological polar surface area (TPSA) is 61.1 Å². The van der Waals surface area contributed by atoms with Crippen molar-refractivity contribution in [2.75, 3.05) is 0 Å². The van der Waals surface area contributed by atoms with Gasteiger partial charge in [-0.2, -0.15) is 0 Å². The number of hydrogen-bond acceptors (Lipinski definition) is 4. The van der Waals surface area contributed by atoms with Crippen LogP contribution in [-0.4, -0.2) is 14.9 Å². The van der Waals surface area contributed by atoms with Gasteiger partial charge < -0.3 is 0 Å². The summed E-state index contributed by atoms with van der Waals surface area (Å²) in [6.07, 6.45) is 0. The molecule has 0 aliphatic heterocycles. The van der Waals surface area contributed by atoms with E-state index in [0.717, 1.165) is 26.1 Å². The zero-order chi connectivity index (χ0) is 21.6. The molecule has 0 bridgehead atoms. The lowest BCUT2D eigenvalue weighted by Gasteiger charge is -2.14. The Hall–Kier alpha value is -3.25. The number of ketones is 1. The number of benzene rings is 2. The molecular formula is C24H22N2O3S. The molecule has 2 heterocycles. The zero-order valence-corrected chi connectivity index (χ0v) is 18.2. The van der Waals surface area contributed by atoms with Crippen LogP contribution in [0.25, 0.3) is 15.9 Å². The van der Waals surface area contributed by atoms with Crippen molar-refractivity contribution in [1.29, 1.82) is 0 Å². The molecule has 0 saturated heterocycles. The third-order valence-electron chi connectivity index (χ3n) is 5.21. The number of rotatable bonds is 4. The van der Waals surface area contributed by atoms with Crippen LogP contribution in [-0.2, 0) is 6.54 Å². The summed E-state index contributed by atoms with van der Waals surface area (Å²) in [5.74, 6) is -0.141. The van der Waals surface area contributed by atoms with Gasteiger partial charge in [0, 0.05) is 10.4 Å². The van der Waals surface area contributed by atoms with E-state index in [4.69, 9.17) is 0 Å². The van der Waals surface area contributed by atoms with Gasteiger partial charge in [0.1, 0.15) is 4.83 Å². The third-order valence-corrected chi connectivity index (χ3v) is 6.28. The fraction of sp³-hybridized carbons (Fsp3) is 0.208. The number of hydrogen-bond donors (Lipinski definition) is 0. The van der Waals surface area contributed by atoms with Crippen LogP contribution in [0.1, 0.15) is 31.9 Å². The smallest absolute Gasteiger partial charge is 0.292 e. The van der Waals surface area contributed by atoms with Gasteiger partial charge in [0.2, 0.25) is 0 Å². The molecule has 152 valence electrons. The first-order chi connectivity index (χ1) is 14.3. The molecule has 0 aliphatic carbocycles. The standard InChI is InChI=1S/C24H22N2O3S/c1-14-10-15(2)21(16(3)11-14)20(27)13-25-23-19(12-17(4)30-23)22(28)26(24(25)29)18-8-6-5-7-9-18/h5-12H,13H2,1-4H3. The van der Waals surface area contributed by atoms with E-state index in [1.54, 1.807) is 30.3 Å². The molecule has 2 aromatic heterocycles. The lowest BCUT2D eigenvalue weighted by molar-refractivity contribution is 0.0970. The molecule has 0 saturated carbocycles. The van der Waals surface area contributed by atoms with Crippen LogP contribution in [0.5, 0.6) is 0 Å². The summed E-state index contributed by atoms with van der Waals surface area (Å²) in [6, 6.07) is 14.5. The maximum Gasteiger partial charge on any atom is 0.337 e. The molecular weight excluding hydrogens is 396 g/mol. The van der Waals surface area contributed by atoms with Gasteiger partial charge in [0.15, 0.2) is 5.78 Å². The minimum absolute atomic E-state index is 0.118. The van der Waals surface area contributed by atoms with Crippen molar-refractivity contribution in [3.63, 3.8) is 0 Å². The summed E-state index contributed by atoms with van der Waals surface area (Å²) in [4.78, 5) is 41.2. The van der Waals surface area contributed by atoms with E-state index in [9.17, 15) is 14.4 Å². The number of Topliss-reactive ketones (excluding diaryl/α,β-unsaturated/α-hetero) is 1. The van der Waals surface area contributed by atoms with Crippen molar-refractivity contribution in [3.05, 3.63) is 96.5 Å². The first-order valence-corrected chi connectivity index (χ1v) is 10.5. The number of nitrogens with zero attached hydrogens (tertiary/aromatic N) is 2. The Morgan fingerprint density at radius 1 is 0.933 bits per heavy atom. The molecule has 0 unspecified atom stereocenters. The maximum absolute atomic E-state index is 13.4. The predicted octanol–water partition coefficient (Wildman–Crippen LogP) is 4.33. The predicted molar refractivity (Wildman–Crippen MR) is 121 cm³/mol. The van der Waals surface area contributed by atoms with E-state index in [0.29, 0.717) is 21.5 Å². The Balaban J connectivity index is 1.95. The minimum Gasteiger partial charge on any atom is -0.292 e. The largest absolute Gasteiger partial charge is 0.337 e. The van der Waals surface area contributed by atoms with Gasteiger partial charge in [-0.3, -0.25) is 14.2 Å². The zero-order valence-electron chi connectivity index (χ0n) is 17.4. The molecule has 4 aromatic rings. The summed E-state index contributed by atoms with van der Waals surface area (Å²) in [7, 11) is 0. The Morgan fingerprint density at radius 2 is 1.57 bits per heavy atom. The van der Waals surface area contributed by atoms with E-state index in [1.807, 2.05) is 45.9 Å². The van der Waals surface area contributed by atoms with E-state index < -0.39 is 5.69 Å². The van der Waals surface area contributed by atoms with E-state index in [1.165, 1.54) is 15.9 Å². The van der Waals surface area contributed by atoms with Gasteiger partial charge >= 0.3 is 5.69 Å². The average Bonchev–Trinajstić information content (AvgIpc) is 3.07. The van der Waals surface area contributed by atoms with Crippen LogP contribution in [0.4, 0.5) is 0 Å². The number of para-hydroxylation sites is 1.